The predicted molar refractivity (Wildman–Crippen MR) is 70.1 cm³/mol. The molecule has 1 aromatic carbocycles. The van der Waals surface area contributed by atoms with Gasteiger partial charge in [-0.1, -0.05) is 15.9 Å². The highest BCUT2D eigenvalue weighted by Crippen LogP contribution is 2.23. The standard InChI is InChI=1S/C11H15BrO4S/c1-16-10-3-4-11(12)8(6-10)5-9(13)7-17(2,14)15/h3-4,6,9,13H,5,7H2,1-2H3. The first-order valence-electron chi connectivity index (χ1n) is 5.00. The van der Waals surface area contributed by atoms with Gasteiger partial charge in [-0.2, -0.15) is 0 Å². The van der Waals surface area contributed by atoms with Crippen LogP contribution in [0.5, 0.6) is 5.75 Å². The van der Waals surface area contributed by atoms with E-state index in [9.17, 15) is 13.5 Å². The molecule has 0 spiro atoms. The summed E-state index contributed by atoms with van der Waals surface area (Å²) in [6.45, 7) is 0. The normalized spacial score (nSPS) is 13.4. The molecular weight excluding hydrogens is 308 g/mol. The third kappa shape index (κ3) is 5.06. The van der Waals surface area contributed by atoms with Gasteiger partial charge in [0.05, 0.1) is 19.0 Å². The molecule has 96 valence electrons. The summed E-state index contributed by atoms with van der Waals surface area (Å²) in [5.41, 5.74) is 0.820. The van der Waals surface area contributed by atoms with Crippen molar-refractivity contribution < 1.29 is 18.3 Å². The van der Waals surface area contributed by atoms with Crippen LogP contribution in [0.4, 0.5) is 0 Å². The SMILES string of the molecule is COc1ccc(Br)c(CC(O)CS(C)(=O)=O)c1. The summed E-state index contributed by atoms with van der Waals surface area (Å²) in [6, 6.07) is 5.37. The lowest BCUT2D eigenvalue weighted by Gasteiger charge is -2.12. The number of methoxy groups -OCH3 is 1. The van der Waals surface area contributed by atoms with Crippen molar-refractivity contribution in [2.75, 3.05) is 19.1 Å². The fourth-order valence-corrected chi connectivity index (χ4v) is 2.72. The Balaban J connectivity index is 2.80. The van der Waals surface area contributed by atoms with Crippen molar-refractivity contribution in [2.24, 2.45) is 0 Å². The van der Waals surface area contributed by atoms with Gasteiger partial charge in [0.2, 0.25) is 0 Å². The highest BCUT2D eigenvalue weighted by atomic mass is 79.9. The van der Waals surface area contributed by atoms with Crippen LogP contribution in [0.2, 0.25) is 0 Å². The number of halogens is 1. The van der Waals surface area contributed by atoms with Crippen LogP contribution in [0, 0.1) is 0 Å². The van der Waals surface area contributed by atoms with E-state index < -0.39 is 15.9 Å². The molecule has 1 atom stereocenters. The van der Waals surface area contributed by atoms with Crippen LogP contribution in [-0.2, 0) is 16.3 Å². The van der Waals surface area contributed by atoms with E-state index in [2.05, 4.69) is 15.9 Å². The molecule has 0 radical (unpaired) electrons. The van der Waals surface area contributed by atoms with Crippen LogP contribution in [-0.4, -0.2) is 38.7 Å². The Morgan fingerprint density at radius 1 is 1.47 bits per heavy atom. The van der Waals surface area contributed by atoms with Crippen molar-refractivity contribution in [3.8, 4) is 5.75 Å². The average molecular weight is 323 g/mol. The summed E-state index contributed by atoms with van der Waals surface area (Å²) >= 11 is 3.35. The molecule has 0 saturated carbocycles. The molecule has 0 aliphatic rings. The topological polar surface area (TPSA) is 63.6 Å². The van der Waals surface area contributed by atoms with Gasteiger partial charge in [0.15, 0.2) is 0 Å². The Morgan fingerprint density at radius 3 is 2.65 bits per heavy atom. The Kier molecular flexibility index (Phi) is 4.97. The molecule has 1 unspecified atom stereocenters. The van der Waals surface area contributed by atoms with Gasteiger partial charge in [-0.05, 0) is 23.8 Å². The van der Waals surface area contributed by atoms with Gasteiger partial charge in [0.1, 0.15) is 15.6 Å². The molecule has 1 aromatic rings. The largest absolute Gasteiger partial charge is 0.497 e. The van der Waals surface area contributed by atoms with E-state index in [0.717, 1.165) is 16.3 Å². The summed E-state index contributed by atoms with van der Waals surface area (Å²) in [4.78, 5) is 0. The van der Waals surface area contributed by atoms with Crippen LogP contribution < -0.4 is 4.74 Å². The second-order valence-electron chi connectivity index (χ2n) is 3.91. The highest BCUT2D eigenvalue weighted by molar-refractivity contribution is 9.10. The zero-order valence-corrected chi connectivity index (χ0v) is 12.1. The van der Waals surface area contributed by atoms with Crippen molar-refractivity contribution in [3.63, 3.8) is 0 Å². The van der Waals surface area contributed by atoms with E-state index in [1.807, 2.05) is 0 Å². The lowest BCUT2D eigenvalue weighted by molar-refractivity contribution is 0.197. The summed E-state index contributed by atoms with van der Waals surface area (Å²) in [5, 5.41) is 9.69. The maximum absolute atomic E-state index is 11.0. The number of hydrogen-bond donors (Lipinski definition) is 1. The minimum Gasteiger partial charge on any atom is -0.497 e. The Labute approximate surface area is 110 Å². The fourth-order valence-electron chi connectivity index (χ4n) is 1.50. The van der Waals surface area contributed by atoms with E-state index in [1.54, 1.807) is 25.3 Å². The third-order valence-corrected chi connectivity index (χ3v) is 3.97. The van der Waals surface area contributed by atoms with E-state index in [1.165, 1.54) is 0 Å². The summed E-state index contributed by atoms with van der Waals surface area (Å²) in [7, 11) is -1.61. The van der Waals surface area contributed by atoms with E-state index >= 15 is 0 Å². The van der Waals surface area contributed by atoms with Crippen LogP contribution in [0.3, 0.4) is 0 Å². The molecular formula is C11H15BrO4S. The summed E-state index contributed by atoms with van der Waals surface area (Å²) in [6.07, 6.45) is 0.468. The van der Waals surface area contributed by atoms with Crippen molar-refractivity contribution in [2.45, 2.75) is 12.5 Å². The monoisotopic (exact) mass is 322 g/mol. The van der Waals surface area contributed by atoms with E-state index in [-0.39, 0.29) is 12.2 Å². The molecule has 0 aromatic heterocycles. The number of rotatable bonds is 5. The first-order valence-corrected chi connectivity index (χ1v) is 7.85. The quantitative estimate of drug-likeness (QED) is 0.890. The van der Waals surface area contributed by atoms with Crippen molar-refractivity contribution in [3.05, 3.63) is 28.2 Å². The molecule has 0 bridgehead atoms. The molecule has 0 fully saturated rings. The van der Waals surface area contributed by atoms with Gasteiger partial charge >= 0.3 is 0 Å². The molecule has 0 amide bonds. The molecule has 0 aliphatic heterocycles. The lowest BCUT2D eigenvalue weighted by atomic mass is 10.1. The molecule has 1 N–H and O–H groups in total. The zero-order chi connectivity index (χ0) is 13.1. The van der Waals surface area contributed by atoms with Crippen LogP contribution in [0.1, 0.15) is 5.56 Å². The van der Waals surface area contributed by atoms with Gasteiger partial charge in [0, 0.05) is 17.1 Å². The number of aliphatic hydroxyl groups is 1. The lowest BCUT2D eigenvalue weighted by Crippen LogP contribution is -2.22. The number of ether oxygens (including phenoxy) is 1. The number of hydrogen-bond acceptors (Lipinski definition) is 4. The van der Waals surface area contributed by atoms with Crippen LogP contribution >= 0.6 is 15.9 Å². The minimum atomic E-state index is -3.17. The first kappa shape index (κ1) is 14.5. The molecule has 0 aliphatic carbocycles. The molecule has 0 saturated heterocycles. The highest BCUT2D eigenvalue weighted by Gasteiger charge is 2.14. The molecule has 0 heterocycles. The summed E-state index contributed by atoms with van der Waals surface area (Å²) < 4.78 is 28.0. The van der Waals surface area contributed by atoms with Crippen molar-refractivity contribution >= 4 is 25.8 Å². The smallest absolute Gasteiger partial charge is 0.150 e. The first-order chi connectivity index (χ1) is 7.81. The van der Waals surface area contributed by atoms with Crippen molar-refractivity contribution in [1.29, 1.82) is 0 Å². The average Bonchev–Trinajstić information content (AvgIpc) is 2.18. The second kappa shape index (κ2) is 5.84. The third-order valence-electron chi connectivity index (χ3n) is 2.20. The van der Waals surface area contributed by atoms with Gasteiger partial charge in [-0.25, -0.2) is 8.42 Å². The Bertz CT molecular complexity index is 484. The predicted octanol–water partition coefficient (Wildman–Crippen LogP) is 1.41. The zero-order valence-electron chi connectivity index (χ0n) is 9.68. The van der Waals surface area contributed by atoms with Gasteiger partial charge in [-0.3, -0.25) is 0 Å². The Hall–Kier alpha value is -0.590. The fraction of sp³-hybridized carbons (Fsp3) is 0.455. The minimum absolute atomic E-state index is 0.239. The van der Waals surface area contributed by atoms with Gasteiger partial charge < -0.3 is 9.84 Å². The van der Waals surface area contributed by atoms with Crippen molar-refractivity contribution in [1.82, 2.24) is 0 Å². The maximum atomic E-state index is 11.0. The van der Waals surface area contributed by atoms with Gasteiger partial charge in [-0.15, -0.1) is 0 Å². The van der Waals surface area contributed by atoms with E-state index in [4.69, 9.17) is 4.74 Å². The molecule has 4 nitrogen and oxygen atoms in total. The number of aliphatic hydroxyl groups excluding tert-OH is 1. The van der Waals surface area contributed by atoms with Gasteiger partial charge in [0.25, 0.3) is 0 Å². The number of sulfone groups is 1. The Morgan fingerprint density at radius 2 is 2.12 bits per heavy atom. The number of benzene rings is 1. The van der Waals surface area contributed by atoms with Crippen LogP contribution in [0.25, 0.3) is 0 Å². The molecule has 6 heteroatoms. The second-order valence-corrected chi connectivity index (χ2v) is 6.95. The molecule has 1 rings (SSSR count). The summed E-state index contributed by atoms with van der Waals surface area (Å²) in [5.74, 6) is 0.436. The van der Waals surface area contributed by atoms with Crippen LogP contribution in [0.15, 0.2) is 22.7 Å². The van der Waals surface area contributed by atoms with E-state index in [0.29, 0.717) is 5.75 Å². The molecule has 17 heavy (non-hydrogen) atoms. The maximum Gasteiger partial charge on any atom is 0.150 e.